The van der Waals surface area contributed by atoms with E-state index < -0.39 is 22.9 Å². The molecule has 0 saturated carbocycles. The SMILES string of the molecule is COc1ccc(NC(=O)Cn2nc(C(F)F)c(Br)c2C)c([N+](=O)[O-])c1. The average Bonchev–Trinajstić information content (AvgIpc) is 2.83. The van der Waals surface area contributed by atoms with Crippen molar-refractivity contribution in [2.75, 3.05) is 12.4 Å². The first-order valence-electron chi connectivity index (χ1n) is 6.87. The van der Waals surface area contributed by atoms with Crippen molar-refractivity contribution in [1.29, 1.82) is 0 Å². The van der Waals surface area contributed by atoms with Gasteiger partial charge in [0.25, 0.3) is 12.1 Å². The van der Waals surface area contributed by atoms with Gasteiger partial charge in [-0.2, -0.15) is 5.10 Å². The molecular formula is C14H13BrF2N4O4. The van der Waals surface area contributed by atoms with Crippen molar-refractivity contribution < 1.29 is 23.2 Å². The molecule has 1 amide bonds. The number of nitro groups is 1. The second kappa shape index (κ2) is 7.55. The van der Waals surface area contributed by atoms with Crippen LogP contribution < -0.4 is 10.1 Å². The number of halogens is 3. The third-order valence-corrected chi connectivity index (χ3v) is 4.31. The Hall–Kier alpha value is -2.56. The maximum atomic E-state index is 12.8. The lowest BCUT2D eigenvalue weighted by Crippen LogP contribution is -2.21. The smallest absolute Gasteiger partial charge is 0.296 e. The van der Waals surface area contributed by atoms with Crippen molar-refractivity contribution in [3.8, 4) is 5.75 Å². The van der Waals surface area contributed by atoms with E-state index in [9.17, 15) is 23.7 Å². The molecule has 2 rings (SSSR count). The molecule has 0 saturated heterocycles. The first-order valence-corrected chi connectivity index (χ1v) is 7.67. The number of hydrogen-bond donors (Lipinski definition) is 1. The van der Waals surface area contributed by atoms with Gasteiger partial charge in [-0.15, -0.1) is 0 Å². The Balaban J connectivity index is 2.21. The van der Waals surface area contributed by atoms with E-state index in [4.69, 9.17) is 4.74 Å². The Bertz CT molecular complexity index is 825. The molecule has 1 N–H and O–H groups in total. The van der Waals surface area contributed by atoms with Gasteiger partial charge in [-0.05, 0) is 35.0 Å². The minimum atomic E-state index is -2.79. The number of aromatic nitrogens is 2. The van der Waals surface area contributed by atoms with Crippen LogP contribution in [0.2, 0.25) is 0 Å². The first kappa shape index (κ1) is 18.8. The van der Waals surface area contributed by atoms with Crippen LogP contribution in [0, 0.1) is 17.0 Å². The maximum absolute atomic E-state index is 12.8. The molecule has 1 heterocycles. The minimum Gasteiger partial charge on any atom is -0.496 e. The highest BCUT2D eigenvalue weighted by Gasteiger charge is 2.22. The number of ether oxygens (including phenoxy) is 1. The molecule has 25 heavy (non-hydrogen) atoms. The van der Waals surface area contributed by atoms with Crippen LogP contribution in [0.25, 0.3) is 0 Å². The first-order chi connectivity index (χ1) is 11.7. The molecule has 0 atom stereocenters. The molecule has 0 aliphatic rings. The number of anilines is 1. The number of carbonyl (C=O) groups is 1. The summed E-state index contributed by atoms with van der Waals surface area (Å²) >= 11 is 3.01. The van der Waals surface area contributed by atoms with Gasteiger partial charge in [0.05, 0.1) is 28.3 Å². The zero-order chi connectivity index (χ0) is 18.7. The van der Waals surface area contributed by atoms with E-state index in [1.54, 1.807) is 0 Å². The second-order valence-corrected chi connectivity index (χ2v) is 5.72. The van der Waals surface area contributed by atoms with E-state index in [0.717, 1.165) is 4.68 Å². The molecule has 0 aliphatic heterocycles. The molecule has 2 aromatic rings. The molecule has 11 heteroatoms. The maximum Gasteiger partial charge on any atom is 0.296 e. The van der Waals surface area contributed by atoms with Crippen LogP contribution in [-0.4, -0.2) is 27.7 Å². The molecule has 8 nitrogen and oxygen atoms in total. The average molecular weight is 419 g/mol. The van der Waals surface area contributed by atoms with Gasteiger partial charge >= 0.3 is 0 Å². The number of amides is 1. The number of hydrogen-bond acceptors (Lipinski definition) is 5. The fraction of sp³-hybridized carbons (Fsp3) is 0.286. The molecule has 0 spiro atoms. The standard InChI is InChI=1S/C14H13BrF2N4O4/c1-7-12(15)13(14(16)17)19-20(7)6-11(22)18-9-4-3-8(25-2)5-10(9)21(23)24/h3-5,14H,6H2,1-2H3,(H,18,22). The monoisotopic (exact) mass is 418 g/mol. The minimum absolute atomic E-state index is 0.0336. The molecule has 0 aliphatic carbocycles. The molecule has 134 valence electrons. The number of methoxy groups -OCH3 is 1. The van der Waals surface area contributed by atoms with Gasteiger partial charge in [-0.25, -0.2) is 8.78 Å². The number of alkyl halides is 2. The van der Waals surface area contributed by atoms with Crippen molar-refractivity contribution in [2.45, 2.75) is 19.9 Å². The molecule has 0 radical (unpaired) electrons. The Morgan fingerprint density at radius 3 is 2.72 bits per heavy atom. The van der Waals surface area contributed by atoms with Crippen LogP contribution in [0.4, 0.5) is 20.2 Å². The normalized spacial score (nSPS) is 10.8. The van der Waals surface area contributed by atoms with Gasteiger partial charge in [0.15, 0.2) is 0 Å². The predicted molar refractivity (Wildman–Crippen MR) is 87.9 cm³/mol. The third kappa shape index (κ3) is 4.10. The van der Waals surface area contributed by atoms with Crippen LogP contribution >= 0.6 is 15.9 Å². The highest BCUT2D eigenvalue weighted by atomic mass is 79.9. The van der Waals surface area contributed by atoms with Crippen molar-refractivity contribution >= 4 is 33.2 Å². The van der Waals surface area contributed by atoms with Crippen LogP contribution in [0.1, 0.15) is 17.8 Å². The molecule has 1 aromatic heterocycles. The van der Waals surface area contributed by atoms with Crippen LogP contribution in [0.5, 0.6) is 5.75 Å². The van der Waals surface area contributed by atoms with E-state index >= 15 is 0 Å². The van der Waals surface area contributed by atoms with Crippen molar-refractivity contribution in [2.24, 2.45) is 0 Å². The topological polar surface area (TPSA) is 99.3 Å². The number of benzene rings is 1. The molecular weight excluding hydrogens is 406 g/mol. The Labute approximate surface area is 149 Å². The highest BCUT2D eigenvalue weighted by Crippen LogP contribution is 2.30. The molecule has 0 bridgehead atoms. The number of nitrogens with one attached hydrogen (secondary N) is 1. The Morgan fingerprint density at radius 1 is 1.52 bits per heavy atom. The van der Waals surface area contributed by atoms with E-state index in [2.05, 4.69) is 26.3 Å². The van der Waals surface area contributed by atoms with Crippen LogP contribution in [0.15, 0.2) is 22.7 Å². The van der Waals surface area contributed by atoms with Gasteiger partial charge in [-0.3, -0.25) is 19.6 Å². The summed E-state index contributed by atoms with van der Waals surface area (Å²) in [6, 6.07) is 3.94. The Morgan fingerprint density at radius 2 is 2.20 bits per heavy atom. The summed E-state index contributed by atoms with van der Waals surface area (Å²) in [5.74, 6) is -0.384. The fourth-order valence-corrected chi connectivity index (χ4v) is 2.52. The van der Waals surface area contributed by atoms with Crippen molar-refractivity contribution in [1.82, 2.24) is 9.78 Å². The zero-order valence-electron chi connectivity index (χ0n) is 13.1. The molecule has 1 aromatic carbocycles. The summed E-state index contributed by atoms with van der Waals surface area (Å²) in [7, 11) is 1.36. The molecule has 0 fully saturated rings. The third-order valence-electron chi connectivity index (χ3n) is 3.33. The van der Waals surface area contributed by atoms with E-state index in [0.29, 0.717) is 5.69 Å². The summed E-state index contributed by atoms with van der Waals surface area (Å²) in [5.41, 5.74) is -0.511. The highest BCUT2D eigenvalue weighted by molar-refractivity contribution is 9.10. The van der Waals surface area contributed by atoms with Gasteiger partial charge in [0.2, 0.25) is 5.91 Å². The molecule has 0 unspecified atom stereocenters. The quantitative estimate of drug-likeness (QED) is 0.571. The van der Waals surface area contributed by atoms with E-state index in [-0.39, 0.29) is 28.1 Å². The van der Waals surface area contributed by atoms with Gasteiger partial charge in [0, 0.05) is 0 Å². The number of nitro benzene ring substituents is 1. The number of rotatable bonds is 6. The summed E-state index contributed by atoms with van der Waals surface area (Å²) in [6.45, 7) is 1.15. The Kier molecular flexibility index (Phi) is 5.67. The van der Waals surface area contributed by atoms with Crippen molar-refractivity contribution in [3.63, 3.8) is 0 Å². The summed E-state index contributed by atoms with van der Waals surface area (Å²) < 4.78 is 31.8. The van der Waals surface area contributed by atoms with Gasteiger partial charge in [0.1, 0.15) is 23.7 Å². The van der Waals surface area contributed by atoms with Crippen LogP contribution in [0.3, 0.4) is 0 Å². The van der Waals surface area contributed by atoms with E-state index in [1.165, 1.54) is 32.2 Å². The fourth-order valence-electron chi connectivity index (χ4n) is 2.06. The lowest BCUT2D eigenvalue weighted by molar-refractivity contribution is -0.384. The van der Waals surface area contributed by atoms with Gasteiger partial charge in [-0.1, -0.05) is 0 Å². The van der Waals surface area contributed by atoms with E-state index in [1.807, 2.05) is 0 Å². The lowest BCUT2D eigenvalue weighted by atomic mass is 10.2. The summed E-state index contributed by atoms with van der Waals surface area (Å²) in [4.78, 5) is 22.6. The number of nitrogens with zero attached hydrogens (tertiary/aromatic N) is 3. The lowest BCUT2D eigenvalue weighted by Gasteiger charge is -2.08. The zero-order valence-corrected chi connectivity index (χ0v) is 14.7. The predicted octanol–water partition coefficient (Wildman–Crippen LogP) is 3.45. The van der Waals surface area contributed by atoms with Crippen LogP contribution in [-0.2, 0) is 11.3 Å². The van der Waals surface area contributed by atoms with Gasteiger partial charge < -0.3 is 10.1 Å². The number of carbonyl (C=O) groups excluding carboxylic acids is 1. The largest absolute Gasteiger partial charge is 0.496 e. The summed E-state index contributed by atoms with van der Waals surface area (Å²) in [5, 5.41) is 17.2. The van der Waals surface area contributed by atoms with Crippen molar-refractivity contribution in [3.05, 3.63) is 44.2 Å². The second-order valence-electron chi connectivity index (χ2n) is 4.93. The summed E-state index contributed by atoms with van der Waals surface area (Å²) in [6.07, 6.45) is -2.79.